The van der Waals surface area contributed by atoms with Crippen LogP contribution in [0.1, 0.15) is 84.5 Å². The molecule has 0 saturated carbocycles. The van der Waals surface area contributed by atoms with Crippen LogP contribution in [0.2, 0.25) is 0 Å². The lowest BCUT2D eigenvalue weighted by atomic mass is 10.1. The number of phosphoric acid groups is 1. The van der Waals surface area contributed by atoms with E-state index in [1.807, 2.05) is 27.2 Å². The van der Waals surface area contributed by atoms with Gasteiger partial charge in [-0.25, -0.2) is 0 Å². The molecule has 1 amide bonds. The Kier molecular flexibility index (Phi) is 19.5. The second-order valence-electron chi connectivity index (χ2n) is 10.0. The largest absolute Gasteiger partial charge is 0.756 e. The van der Waals surface area contributed by atoms with Crippen molar-refractivity contribution in [2.75, 3.05) is 40.9 Å². The predicted molar refractivity (Wildman–Crippen MR) is 141 cm³/mol. The molecule has 0 bridgehead atoms. The standard InChI is InChI=1S/C26H51N2O6P/c1-6-8-10-12-13-14-16-17-19-25(29)24(27-26(30)20-18-15-11-9-7-2)23-34-35(31,32)33-22-21-28(3,4)5/h12-13,17,19,24-25,29H,6-11,14-16,18,20-23H2,1-5H3,(H-,27,30,31,32)/b13-12+,19-17+. The summed E-state index contributed by atoms with van der Waals surface area (Å²) >= 11 is 0. The first-order chi connectivity index (χ1) is 16.5. The Bertz CT molecular complexity index is 648. The van der Waals surface area contributed by atoms with Gasteiger partial charge in [-0.3, -0.25) is 9.36 Å². The van der Waals surface area contributed by atoms with Crippen molar-refractivity contribution in [1.82, 2.24) is 5.32 Å². The van der Waals surface area contributed by atoms with Crippen LogP contribution in [0, 0.1) is 0 Å². The van der Waals surface area contributed by atoms with Gasteiger partial charge in [0.2, 0.25) is 5.91 Å². The molecular weight excluding hydrogens is 467 g/mol. The third kappa shape index (κ3) is 21.9. The predicted octanol–water partition coefficient (Wildman–Crippen LogP) is 4.48. The van der Waals surface area contributed by atoms with E-state index < -0.39 is 26.6 Å². The number of hydrogen-bond acceptors (Lipinski definition) is 6. The number of amides is 1. The van der Waals surface area contributed by atoms with Gasteiger partial charge in [-0.2, -0.15) is 0 Å². The Balaban J connectivity index is 4.82. The summed E-state index contributed by atoms with van der Waals surface area (Å²) in [5.74, 6) is -0.229. The van der Waals surface area contributed by atoms with Crippen LogP contribution in [-0.4, -0.2) is 68.5 Å². The number of likely N-dealkylation sites (N-methyl/N-ethyl adjacent to an activating group) is 1. The van der Waals surface area contributed by atoms with E-state index >= 15 is 0 Å². The molecule has 0 fully saturated rings. The number of rotatable bonds is 22. The average molecular weight is 519 g/mol. The number of carbonyl (C=O) groups is 1. The van der Waals surface area contributed by atoms with Gasteiger partial charge in [-0.15, -0.1) is 0 Å². The van der Waals surface area contributed by atoms with Crippen LogP contribution in [0.4, 0.5) is 0 Å². The number of aliphatic hydroxyl groups excluding tert-OH is 1. The van der Waals surface area contributed by atoms with Crippen LogP contribution in [0.3, 0.4) is 0 Å². The zero-order valence-electron chi connectivity index (χ0n) is 22.7. The highest BCUT2D eigenvalue weighted by atomic mass is 31.2. The summed E-state index contributed by atoms with van der Waals surface area (Å²) in [5, 5.41) is 13.4. The number of nitrogens with zero attached hydrogens (tertiary/aromatic N) is 1. The second-order valence-corrected chi connectivity index (χ2v) is 11.4. The molecule has 0 rings (SSSR count). The summed E-state index contributed by atoms with van der Waals surface area (Å²) in [7, 11) is 1.23. The third-order valence-electron chi connectivity index (χ3n) is 5.41. The van der Waals surface area contributed by atoms with E-state index in [1.54, 1.807) is 6.08 Å². The van der Waals surface area contributed by atoms with Crippen LogP contribution in [0.15, 0.2) is 24.3 Å². The van der Waals surface area contributed by atoms with Crippen molar-refractivity contribution in [3.63, 3.8) is 0 Å². The van der Waals surface area contributed by atoms with Crippen molar-refractivity contribution >= 4 is 13.7 Å². The van der Waals surface area contributed by atoms with Crippen molar-refractivity contribution in [2.24, 2.45) is 0 Å². The molecule has 0 aliphatic rings. The van der Waals surface area contributed by atoms with Crippen molar-refractivity contribution in [2.45, 2.75) is 96.6 Å². The molecule has 0 radical (unpaired) electrons. The molecule has 206 valence electrons. The monoisotopic (exact) mass is 518 g/mol. The van der Waals surface area contributed by atoms with E-state index in [0.717, 1.165) is 51.4 Å². The smallest absolute Gasteiger partial charge is 0.268 e. The van der Waals surface area contributed by atoms with Gasteiger partial charge in [0.25, 0.3) is 7.82 Å². The molecule has 0 saturated heterocycles. The highest BCUT2D eigenvalue weighted by molar-refractivity contribution is 7.45. The minimum Gasteiger partial charge on any atom is -0.756 e. The molecule has 0 aromatic heterocycles. The number of unbranched alkanes of at least 4 members (excludes halogenated alkanes) is 7. The molecule has 0 spiro atoms. The Labute approximate surface area is 214 Å². The lowest BCUT2D eigenvalue weighted by Gasteiger charge is -2.29. The van der Waals surface area contributed by atoms with Crippen LogP contribution in [0.5, 0.6) is 0 Å². The number of phosphoric ester groups is 1. The number of carbonyl (C=O) groups excluding carboxylic acids is 1. The van der Waals surface area contributed by atoms with E-state index in [1.165, 1.54) is 12.8 Å². The van der Waals surface area contributed by atoms with Crippen molar-refractivity contribution in [1.29, 1.82) is 0 Å². The molecule has 0 aliphatic heterocycles. The number of aliphatic hydroxyl groups is 1. The van der Waals surface area contributed by atoms with Crippen LogP contribution in [0.25, 0.3) is 0 Å². The number of quaternary nitrogens is 1. The van der Waals surface area contributed by atoms with Gasteiger partial charge >= 0.3 is 0 Å². The van der Waals surface area contributed by atoms with Gasteiger partial charge in [-0.05, 0) is 25.7 Å². The summed E-state index contributed by atoms with van der Waals surface area (Å²) in [6, 6.07) is -0.890. The molecule has 3 atom stereocenters. The lowest BCUT2D eigenvalue weighted by Crippen LogP contribution is -2.45. The fourth-order valence-corrected chi connectivity index (χ4v) is 3.87. The van der Waals surface area contributed by atoms with Crippen molar-refractivity contribution in [3.8, 4) is 0 Å². The Morgan fingerprint density at radius 2 is 1.60 bits per heavy atom. The number of nitrogens with one attached hydrogen (secondary N) is 1. The van der Waals surface area contributed by atoms with Crippen LogP contribution >= 0.6 is 7.82 Å². The quantitative estimate of drug-likeness (QED) is 0.0947. The second kappa shape index (κ2) is 20.1. The zero-order chi connectivity index (χ0) is 26.6. The van der Waals surface area contributed by atoms with E-state index in [2.05, 4.69) is 31.3 Å². The van der Waals surface area contributed by atoms with Gasteiger partial charge in [0.1, 0.15) is 13.2 Å². The normalized spacial score (nSPS) is 16.0. The van der Waals surface area contributed by atoms with E-state index in [9.17, 15) is 19.4 Å². The number of hydrogen-bond donors (Lipinski definition) is 2. The molecule has 0 aromatic rings. The van der Waals surface area contributed by atoms with Crippen molar-refractivity contribution in [3.05, 3.63) is 24.3 Å². The van der Waals surface area contributed by atoms with E-state index in [-0.39, 0.29) is 12.5 Å². The Morgan fingerprint density at radius 1 is 0.971 bits per heavy atom. The molecule has 35 heavy (non-hydrogen) atoms. The fourth-order valence-electron chi connectivity index (χ4n) is 3.15. The molecule has 0 aliphatic carbocycles. The first-order valence-electron chi connectivity index (χ1n) is 13.2. The molecule has 8 nitrogen and oxygen atoms in total. The lowest BCUT2D eigenvalue weighted by molar-refractivity contribution is -0.870. The number of allylic oxidation sites excluding steroid dienone is 3. The summed E-state index contributed by atoms with van der Waals surface area (Å²) in [6.45, 7) is 4.39. The third-order valence-corrected chi connectivity index (χ3v) is 6.38. The topological polar surface area (TPSA) is 108 Å². The first-order valence-corrected chi connectivity index (χ1v) is 14.7. The molecule has 9 heteroatoms. The Morgan fingerprint density at radius 3 is 2.26 bits per heavy atom. The van der Waals surface area contributed by atoms with Gasteiger partial charge < -0.3 is 28.8 Å². The summed E-state index contributed by atoms with van der Waals surface area (Å²) in [6.07, 6.45) is 17.0. The maximum absolute atomic E-state index is 12.4. The summed E-state index contributed by atoms with van der Waals surface area (Å²) < 4.78 is 22.7. The van der Waals surface area contributed by atoms with E-state index in [4.69, 9.17) is 9.05 Å². The van der Waals surface area contributed by atoms with E-state index in [0.29, 0.717) is 17.4 Å². The Hall–Kier alpha value is -1.02. The van der Waals surface area contributed by atoms with Gasteiger partial charge in [0.05, 0.1) is 39.9 Å². The van der Waals surface area contributed by atoms with Crippen molar-refractivity contribution < 1.29 is 32.9 Å². The first kappa shape index (κ1) is 34.0. The molecular formula is C26H51N2O6P. The van der Waals surface area contributed by atoms with Crippen LogP contribution in [-0.2, 0) is 18.4 Å². The maximum Gasteiger partial charge on any atom is 0.268 e. The molecule has 2 N–H and O–H groups in total. The average Bonchev–Trinajstić information content (AvgIpc) is 2.77. The molecule has 3 unspecified atom stereocenters. The highest BCUT2D eigenvalue weighted by Crippen LogP contribution is 2.38. The van der Waals surface area contributed by atoms with Gasteiger partial charge in [0.15, 0.2) is 0 Å². The van der Waals surface area contributed by atoms with Crippen LogP contribution < -0.4 is 10.2 Å². The molecule has 0 aromatic carbocycles. The minimum atomic E-state index is -4.56. The SMILES string of the molecule is CCCC/C=C/CC/C=C/C(O)C(COP(=O)([O-])OCC[N+](C)(C)C)NC(=O)CCCCCCC. The minimum absolute atomic E-state index is 0.00665. The summed E-state index contributed by atoms with van der Waals surface area (Å²) in [5.41, 5.74) is 0. The summed E-state index contributed by atoms with van der Waals surface area (Å²) in [4.78, 5) is 24.6. The highest BCUT2D eigenvalue weighted by Gasteiger charge is 2.23. The fraction of sp³-hybridized carbons (Fsp3) is 0.808. The molecule has 0 heterocycles. The maximum atomic E-state index is 12.4. The van der Waals surface area contributed by atoms with Gasteiger partial charge in [0, 0.05) is 6.42 Å². The zero-order valence-corrected chi connectivity index (χ0v) is 23.6. The van der Waals surface area contributed by atoms with Gasteiger partial charge in [-0.1, -0.05) is 76.7 Å².